The Kier molecular flexibility index (Phi) is 5.34. The van der Waals surface area contributed by atoms with Crippen LogP contribution in [0.2, 0.25) is 0 Å². The van der Waals surface area contributed by atoms with E-state index in [0.717, 1.165) is 12.0 Å². The molecule has 0 aliphatic rings. The van der Waals surface area contributed by atoms with Crippen LogP contribution in [0.3, 0.4) is 0 Å². The average molecular weight is 284 g/mol. The van der Waals surface area contributed by atoms with Crippen LogP contribution in [0.1, 0.15) is 38.3 Å². The largest absolute Gasteiger partial charge is 0.350 e. The highest BCUT2D eigenvalue weighted by atomic mass is 16.1. The van der Waals surface area contributed by atoms with Gasteiger partial charge >= 0.3 is 0 Å². The van der Waals surface area contributed by atoms with Crippen molar-refractivity contribution in [3.05, 3.63) is 48.0 Å². The van der Waals surface area contributed by atoms with E-state index in [1.54, 1.807) is 0 Å². The highest BCUT2D eigenvalue weighted by Crippen LogP contribution is 2.24. The van der Waals surface area contributed by atoms with Crippen molar-refractivity contribution < 1.29 is 4.79 Å². The number of nitrogens with one attached hydrogen (secondary N) is 1. The fraction of sp³-hybridized carbons (Fsp3) is 0.389. The molecule has 21 heavy (non-hydrogen) atoms. The molecular weight excluding hydrogens is 260 g/mol. The molecule has 0 aliphatic carbocycles. The highest BCUT2D eigenvalue weighted by molar-refractivity contribution is 5.86. The van der Waals surface area contributed by atoms with E-state index in [2.05, 4.69) is 36.5 Å². The lowest BCUT2D eigenvalue weighted by Crippen LogP contribution is -2.30. The minimum absolute atomic E-state index is 0.00104. The van der Waals surface area contributed by atoms with E-state index >= 15 is 0 Å². The average Bonchev–Trinajstić information content (AvgIpc) is 2.51. The van der Waals surface area contributed by atoms with Gasteiger partial charge in [0, 0.05) is 6.42 Å². The third-order valence-electron chi connectivity index (χ3n) is 4.05. The van der Waals surface area contributed by atoms with Gasteiger partial charge in [0.1, 0.15) is 0 Å². The zero-order valence-corrected chi connectivity index (χ0v) is 12.8. The summed E-state index contributed by atoms with van der Waals surface area (Å²) in [7, 11) is 0. The molecule has 0 fully saturated rings. The Bertz CT molecular complexity index is 600. The first-order valence-corrected chi connectivity index (χ1v) is 7.62. The van der Waals surface area contributed by atoms with Crippen molar-refractivity contribution in [2.24, 2.45) is 11.7 Å². The molecule has 1 amide bonds. The van der Waals surface area contributed by atoms with E-state index in [4.69, 9.17) is 5.73 Å². The van der Waals surface area contributed by atoms with Crippen LogP contribution >= 0.6 is 0 Å². The topological polar surface area (TPSA) is 55.1 Å². The first-order valence-electron chi connectivity index (χ1n) is 7.62. The van der Waals surface area contributed by atoms with Gasteiger partial charge in [0.15, 0.2) is 0 Å². The summed E-state index contributed by atoms with van der Waals surface area (Å²) in [6.07, 6.45) is 1.44. The maximum absolute atomic E-state index is 12.1. The normalized spacial score (nSPS) is 13.9. The van der Waals surface area contributed by atoms with Crippen molar-refractivity contribution >= 4 is 16.7 Å². The summed E-state index contributed by atoms with van der Waals surface area (Å²) >= 11 is 0. The Balaban J connectivity index is 2.12. The molecule has 0 aromatic heterocycles. The second-order valence-electron chi connectivity index (χ2n) is 5.57. The van der Waals surface area contributed by atoms with Gasteiger partial charge in [-0.2, -0.15) is 0 Å². The first-order chi connectivity index (χ1) is 10.2. The number of fused-ring (bicyclic) bond motifs is 1. The number of hydrogen-bond donors (Lipinski definition) is 2. The fourth-order valence-electron chi connectivity index (χ4n) is 2.66. The van der Waals surface area contributed by atoms with Gasteiger partial charge < -0.3 is 11.1 Å². The summed E-state index contributed by atoms with van der Waals surface area (Å²) in [5.41, 5.74) is 6.82. The van der Waals surface area contributed by atoms with Crippen molar-refractivity contribution in [2.45, 2.75) is 32.7 Å². The van der Waals surface area contributed by atoms with Gasteiger partial charge in [-0.3, -0.25) is 4.79 Å². The monoisotopic (exact) mass is 284 g/mol. The predicted octanol–water partition coefficient (Wildman–Crippen LogP) is 3.39. The molecule has 2 atom stereocenters. The number of benzene rings is 2. The lowest BCUT2D eigenvalue weighted by molar-refractivity contribution is -0.122. The summed E-state index contributed by atoms with van der Waals surface area (Å²) in [4.78, 5) is 12.1. The molecule has 3 nitrogen and oxygen atoms in total. The summed E-state index contributed by atoms with van der Waals surface area (Å²) in [6.45, 7) is 4.66. The number of carbonyl (C=O) groups excluding carboxylic acids is 1. The van der Waals surface area contributed by atoms with Gasteiger partial charge in [-0.25, -0.2) is 0 Å². The number of carbonyl (C=O) groups is 1. The molecule has 2 rings (SSSR count). The summed E-state index contributed by atoms with van der Waals surface area (Å²) in [5.74, 6) is 0.345. The van der Waals surface area contributed by atoms with Crippen LogP contribution in [-0.4, -0.2) is 12.5 Å². The van der Waals surface area contributed by atoms with Crippen LogP contribution in [0, 0.1) is 5.92 Å². The molecule has 0 aliphatic heterocycles. The standard InChI is InChI=1S/C18H24N2O/c1-3-14(12-19)11-18(21)20-13(2)16-10-6-8-15-7-4-5-9-17(15)16/h4-10,13-14H,3,11-12,19H2,1-2H3,(H,20,21). The van der Waals surface area contributed by atoms with Gasteiger partial charge in [0.25, 0.3) is 0 Å². The van der Waals surface area contributed by atoms with Crippen molar-refractivity contribution in [1.82, 2.24) is 5.32 Å². The van der Waals surface area contributed by atoms with E-state index in [1.165, 1.54) is 10.8 Å². The Morgan fingerprint density at radius 1 is 1.19 bits per heavy atom. The van der Waals surface area contributed by atoms with Crippen molar-refractivity contribution in [2.75, 3.05) is 6.54 Å². The molecule has 0 saturated heterocycles. The van der Waals surface area contributed by atoms with Crippen molar-refractivity contribution in [1.29, 1.82) is 0 Å². The van der Waals surface area contributed by atoms with Crippen LogP contribution in [0.15, 0.2) is 42.5 Å². The molecule has 0 spiro atoms. The minimum atomic E-state index is -0.00104. The fourth-order valence-corrected chi connectivity index (χ4v) is 2.66. The Labute approximate surface area is 126 Å². The van der Waals surface area contributed by atoms with Crippen LogP contribution in [0.25, 0.3) is 10.8 Å². The minimum Gasteiger partial charge on any atom is -0.350 e. The van der Waals surface area contributed by atoms with E-state index in [0.29, 0.717) is 13.0 Å². The third-order valence-corrected chi connectivity index (χ3v) is 4.05. The molecular formula is C18H24N2O. The maximum atomic E-state index is 12.1. The van der Waals surface area contributed by atoms with Crippen LogP contribution in [-0.2, 0) is 4.79 Å². The van der Waals surface area contributed by atoms with Crippen LogP contribution < -0.4 is 11.1 Å². The molecule has 0 heterocycles. The molecule has 2 unspecified atom stereocenters. The molecule has 3 heteroatoms. The molecule has 0 radical (unpaired) electrons. The molecule has 112 valence electrons. The number of hydrogen-bond acceptors (Lipinski definition) is 2. The van der Waals surface area contributed by atoms with Gasteiger partial charge in [-0.05, 0) is 35.7 Å². The zero-order chi connectivity index (χ0) is 15.2. The molecule has 3 N–H and O–H groups in total. The molecule has 0 saturated carbocycles. The number of nitrogens with two attached hydrogens (primary N) is 1. The van der Waals surface area contributed by atoms with E-state index < -0.39 is 0 Å². The molecule has 2 aromatic carbocycles. The van der Waals surface area contributed by atoms with Gasteiger partial charge in [0.05, 0.1) is 6.04 Å². The van der Waals surface area contributed by atoms with Gasteiger partial charge in [-0.1, -0.05) is 55.8 Å². The smallest absolute Gasteiger partial charge is 0.220 e. The summed E-state index contributed by atoms with van der Waals surface area (Å²) < 4.78 is 0. The zero-order valence-electron chi connectivity index (χ0n) is 12.8. The van der Waals surface area contributed by atoms with E-state index in [-0.39, 0.29) is 17.9 Å². The summed E-state index contributed by atoms with van der Waals surface area (Å²) in [6, 6.07) is 14.5. The Morgan fingerprint density at radius 2 is 1.90 bits per heavy atom. The quantitative estimate of drug-likeness (QED) is 0.854. The second-order valence-corrected chi connectivity index (χ2v) is 5.57. The Hall–Kier alpha value is -1.87. The van der Waals surface area contributed by atoms with Crippen LogP contribution in [0.4, 0.5) is 0 Å². The van der Waals surface area contributed by atoms with Crippen molar-refractivity contribution in [3.8, 4) is 0 Å². The summed E-state index contributed by atoms with van der Waals surface area (Å²) in [5, 5.41) is 5.48. The van der Waals surface area contributed by atoms with E-state index in [9.17, 15) is 4.79 Å². The lowest BCUT2D eigenvalue weighted by atomic mass is 9.98. The van der Waals surface area contributed by atoms with Gasteiger partial charge in [-0.15, -0.1) is 0 Å². The highest BCUT2D eigenvalue weighted by Gasteiger charge is 2.15. The maximum Gasteiger partial charge on any atom is 0.220 e. The van der Waals surface area contributed by atoms with Crippen LogP contribution in [0.5, 0.6) is 0 Å². The lowest BCUT2D eigenvalue weighted by Gasteiger charge is -2.18. The molecule has 2 aromatic rings. The van der Waals surface area contributed by atoms with Crippen molar-refractivity contribution in [3.63, 3.8) is 0 Å². The van der Waals surface area contributed by atoms with E-state index in [1.807, 2.05) is 25.1 Å². The predicted molar refractivity (Wildman–Crippen MR) is 88.0 cm³/mol. The van der Waals surface area contributed by atoms with Gasteiger partial charge in [0.2, 0.25) is 5.91 Å². The molecule has 0 bridgehead atoms. The Morgan fingerprint density at radius 3 is 2.62 bits per heavy atom. The number of rotatable bonds is 6. The second kappa shape index (κ2) is 7.23. The number of amides is 1. The SMILES string of the molecule is CCC(CN)CC(=O)NC(C)c1cccc2ccccc12. The first kappa shape index (κ1) is 15.5. The third kappa shape index (κ3) is 3.82.